The molecule has 0 unspecified atom stereocenters. The lowest BCUT2D eigenvalue weighted by molar-refractivity contribution is -0.114. The standard InChI is InChI=1S/C13H18N6O2/c1-9(20)17-12-10(11(15)21)8-19(18-12)13(2-5-14)3-6-16-7-4-13/h8,16H,2-4,6-7H2,1H3,(H2,15,21)(H,17,18,20). The minimum atomic E-state index is -0.661. The van der Waals surface area contributed by atoms with Gasteiger partial charge in [0.2, 0.25) is 5.91 Å². The molecule has 0 saturated carbocycles. The summed E-state index contributed by atoms with van der Waals surface area (Å²) in [4.78, 5) is 22.7. The summed E-state index contributed by atoms with van der Waals surface area (Å²) in [7, 11) is 0. The van der Waals surface area contributed by atoms with E-state index in [1.807, 2.05) is 0 Å². The van der Waals surface area contributed by atoms with E-state index in [9.17, 15) is 9.59 Å². The molecule has 1 aliphatic rings. The summed E-state index contributed by atoms with van der Waals surface area (Å²) >= 11 is 0. The summed E-state index contributed by atoms with van der Waals surface area (Å²) in [6.45, 7) is 2.87. The van der Waals surface area contributed by atoms with E-state index in [1.54, 1.807) is 4.68 Å². The van der Waals surface area contributed by atoms with Gasteiger partial charge in [0, 0.05) is 13.1 Å². The third kappa shape index (κ3) is 3.03. The van der Waals surface area contributed by atoms with Crippen molar-refractivity contribution in [3.05, 3.63) is 11.8 Å². The van der Waals surface area contributed by atoms with Gasteiger partial charge in [-0.3, -0.25) is 14.3 Å². The second-order valence-electron chi connectivity index (χ2n) is 5.19. The summed E-state index contributed by atoms with van der Waals surface area (Å²) in [5.74, 6) is -0.848. The van der Waals surface area contributed by atoms with Crippen LogP contribution in [0.2, 0.25) is 0 Å². The molecular weight excluding hydrogens is 272 g/mol. The Kier molecular flexibility index (Phi) is 4.23. The fourth-order valence-electron chi connectivity index (χ4n) is 2.58. The molecule has 8 heteroatoms. The van der Waals surface area contributed by atoms with Gasteiger partial charge < -0.3 is 16.4 Å². The molecule has 4 N–H and O–H groups in total. The van der Waals surface area contributed by atoms with Crippen LogP contribution in [0.4, 0.5) is 5.82 Å². The highest BCUT2D eigenvalue weighted by atomic mass is 16.2. The van der Waals surface area contributed by atoms with E-state index in [1.165, 1.54) is 13.1 Å². The molecule has 0 atom stereocenters. The van der Waals surface area contributed by atoms with E-state index in [0.717, 1.165) is 25.9 Å². The fraction of sp³-hybridized carbons (Fsp3) is 0.538. The molecule has 1 aromatic rings. The van der Waals surface area contributed by atoms with Crippen molar-refractivity contribution in [1.82, 2.24) is 15.1 Å². The highest BCUT2D eigenvalue weighted by Crippen LogP contribution is 2.32. The van der Waals surface area contributed by atoms with Crippen LogP contribution >= 0.6 is 0 Å². The summed E-state index contributed by atoms with van der Waals surface area (Å²) in [6.07, 6.45) is 3.25. The van der Waals surface area contributed by atoms with Gasteiger partial charge in [-0.15, -0.1) is 0 Å². The molecule has 0 radical (unpaired) electrons. The monoisotopic (exact) mass is 290 g/mol. The quantitative estimate of drug-likeness (QED) is 0.715. The SMILES string of the molecule is CC(=O)Nc1nn(C2(CC#N)CCNCC2)cc1C(N)=O. The number of anilines is 1. The Bertz CT molecular complexity index is 594. The lowest BCUT2D eigenvalue weighted by Gasteiger charge is -2.36. The number of rotatable bonds is 4. The average molecular weight is 290 g/mol. The number of piperidine rings is 1. The summed E-state index contributed by atoms with van der Waals surface area (Å²) in [6, 6.07) is 2.18. The third-order valence-corrected chi connectivity index (χ3v) is 3.70. The fourth-order valence-corrected chi connectivity index (χ4v) is 2.58. The van der Waals surface area contributed by atoms with Crippen LogP contribution in [0.3, 0.4) is 0 Å². The summed E-state index contributed by atoms with van der Waals surface area (Å²) in [5, 5.41) is 19.1. The molecule has 112 valence electrons. The Balaban J connectivity index is 2.44. The molecule has 2 amide bonds. The van der Waals surface area contributed by atoms with Crippen molar-refractivity contribution in [2.45, 2.75) is 31.7 Å². The Hall–Kier alpha value is -2.40. The van der Waals surface area contributed by atoms with Crippen LogP contribution < -0.4 is 16.4 Å². The lowest BCUT2D eigenvalue weighted by atomic mass is 9.86. The zero-order valence-electron chi connectivity index (χ0n) is 11.8. The van der Waals surface area contributed by atoms with Gasteiger partial charge in [0.25, 0.3) is 5.91 Å². The first-order chi connectivity index (χ1) is 9.98. The lowest BCUT2D eigenvalue weighted by Crippen LogP contribution is -2.44. The Morgan fingerprint density at radius 2 is 2.24 bits per heavy atom. The topological polar surface area (TPSA) is 126 Å². The first-order valence-electron chi connectivity index (χ1n) is 6.74. The van der Waals surface area contributed by atoms with E-state index >= 15 is 0 Å². The molecule has 0 spiro atoms. The zero-order chi connectivity index (χ0) is 15.5. The number of amides is 2. The van der Waals surface area contributed by atoms with E-state index in [0.29, 0.717) is 0 Å². The number of nitriles is 1. The van der Waals surface area contributed by atoms with Crippen molar-refractivity contribution in [2.75, 3.05) is 18.4 Å². The molecule has 2 rings (SSSR count). The highest BCUT2D eigenvalue weighted by Gasteiger charge is 2.36. The number of carbonyl (C=O) groups excluding carboxylic acids is 2. The number of carbonyl (C=O) groups is 2. The van der Waals surface area contributed by atoms with Gasteiger partial charge in [-0.25, -0.2) is 0 Å². The smallest absolute Gasteiger partial charge is 0.254 e. The molecule has 0 bridgehead atoms. The van der Waals surface area contributed by atoms with Crippen molar-refractivity contribution in [1.29, 1.82) is 5.26 Å². The third-order valence-electron chi connectivity index (χ3n) is 3.70. The first kappa shape index (κ1) is 15.0. The zero-order valence-corrected chi connectivity index (χ0v) is 11.8. The molecule has 21 heavy (non-hydrogen) atoms. The van der Waals surface area contributed by atoms with Crippen molar-refractivity contribution >= 4 is 17.6 Å². The number of hydrogen-bond donors (Lipinski definition) is 3. The van der Waals surface area contributed by atoms with Crippen molar-refractivity contribution in [2.24, 2.45) is 5.73 Å². The van der Waals surface area contributed by atoms with Crippen LogP contribution in [0.5, 0.6) is 0 Å². The van der Waals surface area contributed by atoms with Crippen LogP contribution in [0.1, 0.15) is 36.5 Å². The number of primary amides is 1. The van der Waals surface area contributed by atoms with Crippen molar-refractivity contribution < 1.29 is 9.59 Å². The van der Waals surface area contributed by atoms with E-state index in [4.69, 9.17) is 11.0 Å². The van der Waals surface area contributed by atoms with Gasteiger partial charge >= 0.3 is 0 Å². The maximum absolute atomic E-state index is 11.5. The molecule has 2 heterocycles. The second kappa shape index (κ2) is 5.93. The van der Waals surface area contributed by atoms with Crippen molar-refractivity contribution in [3.63, 3.8) is 0 Å². The maximum atomic E-state index is 11.5. The molecule has 8 nitrogen and oxygen atoms in total. The van der Waals surface area contributed by atoms with Gasteiger partial charge in [0.1, 0.15) is 5.56 Å². The van der Waals surface area contributed by atoms with Crippen LogP contribution in [-0.4, -0.2) is 34.7 Å². The van der Waals surface area contributed by atoms with Crippen LogP contribution in [-0.2, 0) is 10.3 Å². The van der Waals surface area contributed by atoms with Gasteiger partial charge in [-0.05, 0) is 25.9 Å². The van der Waals surface area contributed by atoms with Crippen LogP contribution in [0.15, 0.2) is 6.20 Å². The number of nitrogens with two attached hydrogens (primary N) is 1. The minimum Gasteiger partial charge on any atom is -0.365 e. The first-order valence-corrected chi connectivity index (χ1v) is 6.74. The molecule has 0 aromatic carbocycles. The largest absolute Gasteiger partial charge is 0.365 e. The average Bonchev–Trinajstić information content (AvgIpc) is 2.84. The maximum Gasteiger partial charge on any atom is 0.254 e. The number of nitrogens with one attached hydrogen (secondary N) is 2. The van der Waals surface area contributed by atoms with Gasteiger partial charge in [0.05, 0.1) is 18.0 Å². The Labute approximate surface area is 122 Å². The molecule has 1 saturated heterocycles. The van der Waals surface area contributed by atoms with Crippen LogP contribution in [0.25, 0.3) is 0 Å². The van der Waals surface area contributed by atoms with Gasteiger partial charge in [-0.1, -0.05) is 0 Å². The van der Waals surface area contributed by atoms with E-state index in [2.05, 4.69) is 21.8 Å². The number of nitrogens with zero attached hydrogens (tertiary/aromatic N) is 3. The normalized spacial score (nSPS) is 17.0. The molecule has 1 fully saturated rings. The molecule has 1 aliphatic heterocycles. The van der Waals surface area contributed by atoms with Gasteiger partial charge in [0.15, 0.2) is 5.82 Å². The molecular formula is C13H18N6O2. The summed E-state index contributed by atoms with van der Waals surface area (Å²) in [5.41, 5.74) is 5.01. The number of aromatic nitrogens is 2. The predicted octanol–water partition coefficient (Wildman–Crippen LogP) is -0.0672. The highest BCUT2D eigenvalue weighted by molar-refractivity contribution is 6.01. The molecule has 0 aliphatic carbocycles. The van der Waals surface area contributed by atoms with E-state index in [-0.39, 0.29) is 23.7 Å². The van der Waals surface area contributed by atoms with E-state index < -0.39 is 11.4 Å². The summed E-state index contributed by atoms with van der Waals surface area (Å²) < 4.78 is 1.61. The van der Waals surface area contributed by atoms with Crippen molar-refractivity contribution in [3.8, 4) is 6.07 Å². The molecule has 1 aromatic heterocycles. The number of hydrogen-bond acceptors (Lipinski definition) is 5. The minimum absolute atomic E-state index is 0.144. The Morgan fingerprint density at radius 3 is 2.76 bits per heavy atom. The second-order valence-corrected chi connectivity index (χ2v) is 5.19. The van der Waals surface area contributed by atoms with Crippen LogP contribution in [0, 0.1) is 11.3 Å². The van der Waals surface area contributed by atoms with Gasteiger partial charge in [-0.2, -0.15) is 10.4 Å². The predicted molar refractivity (Wildman–Crippen MR) is 75.4 cm³/mol. The Morgan fingerprint density at radius 1 is 1.57 bits per heavy atom.